The molecule has 1 aliphatic rings. The van der Waals surface area contributed by atoms with Gasteiger partial charge in [-0.15, -0.1) is 0 Å². The van der Waals surface area contributed by atoms with Gasteiger partial charge in [0.25, 0.3) is 11.1 Å². The van der Waals surface area contributed by atoms with Gasteiger partial charge in [0, 0.05) is 34.0 Å². The van der Waals surface area contributed by atoms with Crippen LogP contribution >= 0.6 is 11.8 Å². The number of carbonyl (C=O) groups excluding carboxylic acids is 4. The van der Waals surface area contributed by atoms with Gasteiger partial charge in [0.2, 0.25) is 11.8 Å². The number of aryl methyl sites for hydroxylation is 1. The zero-order chi connectivity index (χ0) is 27.5. The average molecular weight is 543 g/mol. The number of nitrogens with zero attached hydrogens (tertiary/aromatic N) is 2. The number of para-hydroxylation sites is 1. The molecule has 1 saturated heterocycles. The van der Waals surface area contributed by atoms with E-state index in [2.05, 4.69) is 10.6 Å². The number of hydrogen-bond donors (Lipinski definition) is 2. The normalized spacial score (nSPS) is 14.3. The first-order valence-corrected chi connectivity index (χ1v) is 12.8. The van der Waals surface area contributed by atoms with E-state index in [1.807, 2.05) is 37.3 Å². The van der Waals surface area contributed by atoms with Crippen molar-refractivity contribution in [2.24, 2.45) is 0 Å². The Morgan fingerprint density at radius 3 is 2.38 bits per heavy atom. The summed E-state index contributed by atoms with van der Waals surface area (Å²) in [6, 6.07) is 20.1. The van der Waals surface area contributed by atoms with Crippen LogP contribution in [0, 0.1) is 12.7 Å². The first-order valence-electron chi connectivity index (χ1n) is 12.0. The summed E-state index contributed by atoms with van der Waals surface area (Å²) in [5, 5.41) is 5.69. The number of fused-ring (bicyclic) bond motifs is 1. The van der Waals surface area contributed by atoms with E-state index in [4.69, 9.17) is 0 Å². The highest BCUT2D eigenvalue weighted by atomic mass is 32.2. The van der Waals surface area contributed by atoms with Crippen molar-refractivity contribution < 1.29 is 23.6 Å². The van der Waals surface area contributed by atoms with Crippen molar-refractivity contribution in [1.29, 1.82) is 0 Å². The molecule has 1 fully saturated rings. The van der Waals surface area contributed by atoms with Gasteiger partial charge in [-0.3, -0.25) is 24.1 Å². The third kappa shape index (κ3) is 5.91. The number of aromatic nitrogens is 1. The maximum atomic E-state index is 13.2. The predicted molar refractivity (Wildman–Crippen MR) is 149 cm³/mol. The van der Waals surface area contributed by atoms with E-state index >= 15 is 0 Å². The van der Waals surface area contributed by atoms with Gasteiger partial charge in [-0.2, -0.15) is 0 Å². The fourth-order valence-corrected chi connectivity index (χ4v) is 5.08. The van der Waals surface area contributed by atoms with E-state index in [9.17, 15) is 23.6 Å². The zero-order valence-electron chi connectivity index (χ0n) is 20.8. The van der Waals surface area contributed by atoms with Crippen molar-refractivity contribution in [2.45, 2.75) is 13.5 Å². The molecule has 0 saturated carbocycles. The Bertz CT molecular complexity index is 1640. The van der Waals surface area contributed by atoms with Crippen molar-refractivity contribution in [3.8, 4) is 0 Å². The standard InChI is InChI=1S/C29H23FN4O4S/c1-18-5-4-6-22(13-18)32-27(36)17-34-28(37)25(39-29(34)38)14-19-15-33(24-8-3-2-7-23(19)24)16-26(35)31-21-11-9-20(30)10-12-21/h2-15H,16-17H2,1H3,(H,31,35)(H,32,36). The van der Waals surface area contributed by atoms with Crippen LogP contribution in [0.3, 0.4) is 0 Å². The number of benzene rings is 3. The number of rotatable bonds is 7. The molecule has 1 aromatic heterocycles. The molecule has 0 unspecified atom stereocenters. The van der Waals surface area contributed by atoms with Crippen LogP contribution in [0.4, 0.5) is 20.6 Å². The molecule has 8 nitrogen and oxygen atoms in total. The van der Waals surface area contributed by atoms with E-state index < -0.39 is 29.4 Å². The molecule has 4 amide bonds. The van der Waals surface area contributed by atoms with Crippen LogP contribution in [-0.2, 0) is 20.9 Å². The summed E-state index contributed by atoms with van der Waals surface area (Å²) in [6.07, 6.45) is 3.33. The van der Waals surface area contributed by atoms with E-state index in [1.165, 1.54) is 24.3 Å². The third-order valence-corrected chi connectivity index (χ3v) is 6.93. The second-order valence-corrected chi connectivity index (χ2v) is 9.96. The first kappa shape index (κ1) is 25.9. The lowest BCUT2D eigenvalue weighted by atomic mass is 10.1. The Hall–Kier alpha value is -4.70. The molecule has 1 aliphatic heterocycles. The maximum absolute atomic E-state index is 13.2. The van der Waals surface area contributed by atoms with Gasteiger partial charge in [0.1, 0.15) is 18.9 Å². The van der Waals surface area contributed by atoms with Crippen molar-refractivity contribution in [3.63, 3.8) is 0 Å². The molecule has 3 aromatic carbocycles. The Morgan fingerprint density at radius 1 is 0.897 bits per heavy atom. The molecular formula is C29H23FN4O4S. The Kier molecular flexibility index (Phi) is 7.29. The van der Waals surface area contributed by atoms with Gasteiger partial charge >= 0.3 is 0 Å². The summed E-state index contributed by atoms with van der Waals surface area (Å²) in [7, 11) is 0. The summed E-state index contributed by atoms with van der Waals surface area (Å²) >= 11 is 0.761. The molecule has 0 bridgehead atoms. The zero-order valence-corrected chi connectivity index (χ0v) is 21.6. The number of halogens is 1. The van der Waals surface area contributed by atoms with Gasteiger partial charge in [0.05, 0.1) is 4.91 Å². The number of amides is 4. The highest BCUT2D eigenvalue weighted by molar-refractivity contribution is 8.18. The second kappa shape index (κ2) is 11.0. The van der Waals surface area contributed by atoms with Crippen LogP contribution < -0.4 is 10.6 Å². The largest absolute Gasteiger partial charge is 0.337 e. The van der Waals surface area contributed by atoms with Crippen molar-refractivity contribution in [2.75, 3.05) is 17.2 Å². The number of hydrogen-bond acceptors (Lipinski definition) is 5. The summed E-state index contributed by atoms with van der Waals surface area (Å²) in [6.45, 7) is 1.47. The van der Waals surface area contributed by atoms with Crippen LogP contribution in [0.2, 0.25) is 0 Å². The molecule has 0 atom stereocenters. The maximum Gasteiger partial charge on any atom is 0.294 e. The quantitative estimate of drug-likeness (QED) is 0.305. The van der Waals surface area contributed by atoms with Gasteiger partial charge in [-0.1, -0.05) is 30.3 Å². The van der Waals surface area contributed by atoms with Crippen molar-refractivity contribution in [1.82, 2.24) is 9.47 Å². The van der Waals surface area contributed by atoms with E-state index in [0.717, 1.165) is 33.1 Å². The SMILES string of the molecule is Cc1cccc(NC(=O)CN2C(=O)SC(=Cc3cn(CC(=O)Nc4ccc(F)cc4)c4ccccc34)C2=O)c1. The lowest BCUT2D eigenvalue weighted by Gasteiger charge is -2.12. The highest BCUT2D eigenvalue weighted by Gasteiger charge is 2.36. The number of carbonyl (C=O) groups is 4. The fourth-order valence-electron chi connectivity index (χ4n) is 4.25. The Morgan fingerprint density at radius 2 is 1.62 bits per heavy atom. The fraction of sp³-hybridized carbons (Fsp3) is 0.103. The van der Waals surface area contributed by atoms with Gasteiger partial charge in [-0.05, 0) is 72.8 Å². The Labute approximate surface area is 227 Å². The second-order valence-electron chi connectivity index (χ2n) is 8.97. The van der Waals surface area contributed by atoms with Crippen LogP contribution in [0.25, 0.3) is 17.0 Å². The molecule has 2 N–H and O–H groups in total. The molecule has 0 radical (unpaired) electrons. The van der Waals surface area contributed by atoms with Crippen LogP contribution in [-0.4, -0.2) is 39.0 Å². The molecule has 4 aromatic rings. The number of thioether (sulfide) groups is 1. The molecule has 0 aliphatic carbocycles. The number of imide groups is 1. The van der Waals surface area contributed by atoms with Gasteiger partial charge < -0.3 is 15.2 Å². The van der Waals surface area contributed by atoms with Gasteiger partial charge in [0.15, 0.2) is 0 Å². The smallest absolute Gasteiger partial charge is 0.294 e. The monoisotopic (exact) mass is 542 g/mol. The molecular weight excluding hydrogens is 519 g/mol. The number of anilines is 2. The molecule has 196 valence electrons. The van der Waals surface area contributed by atoms with Crippen LogP contribution in [0.1, 0.15) is 11.1 Å². The first-order chi connectivity index (χ1) is 18.8. The van der Waals surface area contributed by atoms with Crippen molar-refractivity contribution in [3.05, 3.63) is 101 Å². The van der Waals surface area contributed by atoms with Crippen LogP contribution in [0.15, 0.2) is 83.9 Å². The topological polar surface area (TPSA) is 101 Å². The molecule has 10 heteroatoms. The minimum absolute atomic E-state index is 0.0215. The molecule has 2 heterocycles. The van der Waals surface area contributed by atoms with Crippen molar-refractivity contribution >= 4 is 63.1 Å². The molecule has 5 rings (SSSR count). The van der Waals surface area contributed by atoms with E-state index in [0.29, 0.717) is 16.9 Å². The van der Waals surface area contributed by atoms with E-state index in [-0.39, 0.29) is 17.4 Å². The molecule has 39 heavy (non-hydrogen) atoms. The number of nitrogens with one attached hydrogen (secondary N) is 2. The minimum atomic E-state index is -0.560. The predicted octanol–water partition coefficient (Wildman–Crippen LogP) is 5.40. The lowest BCUT2D eigenvalue weighted by Crippen LogP contribution is -2.36. The Balaban J connectivity index is 1.33. The summed E-state index contributed by atoms with van der Waals surface area (Å²) in [4.78, 5) is 51.9. The molecule has 0 spiro atoms. The minimum Gasteiger partial charge on any atom is -0.337 e. The van der Waals surface area contributed by atoms with Gasteiger partial charge in [-0.25, -0.2) is 4.39 Å². The average Bonchev–Trinajstić information content (AvgIpc) is 3.37. The highest BCUT2D eigenvalue weighted by Crippen LogP contribution is 2.34. The van der Waals surface area contributed by atoms with E-state index in [1.54, 1.807) is 35.0 Å². The third-order valence-electron chi connectivity index (χ3n) is 6.03. The summed E-state index contributed by atoms with van der Waals surface area (Å²) in [5.41, 5.74) is 3.43. The lowest BCUT2D eigenvalue weighted by molar-refractivity contribution is -0.127. The summed E-state index contributed by atoms with van der Waals surface area (Å²) in [5.74, 6) is -1.75. The summed E-state index contributed by atoms with van der Waals surface area (Å²) < 4.78 is 14.9. The van der Waals surface area contributed by atoms with Crippen LogP contribution in [0.5, 0.6) is 0 Å².